The van der Waals surface area contributed by atoms with Crippen molar-refractivity contribution in [2.45, 2.75) is 6.42 Å². The first-order valence-electron chi connectivity index (χ1n) is 11.0. The standard InChI is InChI=1S/C30H28NP/c1(7-17-27-18-8-3-9-19-27)2-16-26-31-32(28-20-10-4-11-21-28,29-22-12-5-13-23-29)30-24-14-6-15-25-30/h1-15,17-25H,16,26H2/b2-1-,17-7+. The first-order valence-corrected chi connectivity index (χ1v) is 12.8. The molecule has 0 saturated carbocycles. The maximum atomic E-state index is 5.46. The number of allylic oxidation sites excluding steroid dienone is 2. The fraction of sp³-hybridized carbons (Fsp3) is 0.0667. The molecule has 0 unspecified atom stereocenters. The summed E-state index contributed by atoms with van der Waals surface area (Å²) in [5, 5.41) is 3.89. The normalized spacial score (nSPS) is 11.8. The van der Waals surface area contributed by atoms with Crippen molar-refractivity contribution in [2.75, 3.05) is 6.54 Å². The summed E-state index contributed by atoms with van der Waals surface area (Å²) in [6, 6.07) is 42.7. The lowest BCUT2D eigenvalue weighted by Gasteiger charge is -2.27. The third-order valence-corrected chi connectivity index (χ3v) is 9.09. The fourth-order valence-corrected chi connectivity index (χ4v) is 7.42. The van der Waals surface area contributed by atoms with Crippen molar-refractivity contribution in [2.24, 2.45) is 4.74 Å². The minimum absolute atomic E-state index is 0.780. The van der Waals surface area contributed by atoms with Crippen LogP contribution in [0.4, 0.5) is 0 Å². The summed E-state index contributed by atoms with van der Waals surface area (Å²) in [6.45, 7) is 0.780. The van der Waals surface area contributed by atoms with Gasteiger partial charge in [-0.2, -0.15) is 0 Å². The predicted octanol–water partition coefficient (Wildman–Crippen LogP) is 6.82. The molecule has 32 heavy (non-hydrogen) atoms. The fourth-order valence-electron chi connectivity index (χ4n) is 3.81. The summed E-state index contributed by atoms with van der Waals surface area (Å²) in [6.07, 6.45) is 9.47. The van der Waals surface area contributed by atoms with E-state index < -0.39 is 7.05 Å². The predicted molar refractivity (Wildman–Crippen MR) is 142 cm³/mol. The summed E-state index contributed by atoms with van der Waals surface area (Å²) in [5.41, 5.74) is 1.21. The van der Waals surface area contributed by atoms with E-state index in [2.05, 4.69) is 140 Å². The second-order valence-corrected chi connectivity index (χ2v) is 10.6. The summed E-state index contributed by atoms with van der Waals surface area (Å²) >= 11 is 0. The smallest absolute Gasteiger partial charge is 0.0547 e. The average Bonchev–Trinajstić information content (AvgIpc) is 2.88. The Labute approximate surface area is 191 Å². The average molecular weight is 434 g/mol. The molecule has 0 aromatic heterocycles. The number of hydrogen-bond acceptors (Lipinski definition) is 1. The number of rotatable bonds is 8. The van der Waals surface area contributed by atoms with Gasteiger partial charge in [-0.3, -0.25) is 4.74 Å². The number of benzene rings is 4. The molecule has 0 radical (unpaired) electrons. The van der Waals surface area contributed by atoms with Crippen molar-refractivity contribution >= 4 is 29.0 Å². The highest BCUT2D eigenvalue weighted by Crippen LogP contribution is 2.46. The Kier molecular flexibility index (Phi) is 7.69. The zero-order chi connectivity index (χ0) is 21.9. The van der Waals surface area contributed by atoms with Gasteiger partial charge in [0.25, 0.3) is 0 Å². The van der Waals surface area contributed by atoms with E-state index >= 15 is 0 Å². The molecule has 0 aliphatic rings. The van der Waals surface area contributed by atoms with Crippen LogP contribution in [0.15, 0.2) is 144 Å². The Bertz CT molecular complexity index is 1090. The molecule has 4 rings (SSSR count). The van der Waals surface area contributed by atoms with Gasteiger partial charge in [0.1, 0.15) is 0 Å². The van der Waals surface area contributed by atoms with Crippen molar-refractivity contribution in [1.29, 1.82) is 0 Å². The quantitative estimate of drug-likeness (QED) is 0.164. The Morgan fingerprint density at radius 3 is 1.44 bits per heavy atom. The second-order valence-electron chi connectivity index (χ2n) is 7.49. The minimum Gasteiger partial charge on any atom is -0.289 e. The van der Waals surface area contributed by atoms with E-state index in [0.29, 0.717) is 0 Å². The maximum Gasteiger partial charge on any atom is 0.0547 e. The van der Waals surface area contributed by atoms with Gasteiger partial charge in [-0.15, -0.1) is 0 Å². The van der Waals surface area contributed by atoms with Crippen LogP contribution in [0.1, 0.15) is 12.0 Å². The number of nitrogens with zero attached hydrogens (tertiary/aromatic N) is 1. The van der Waals surface area contributed by atoms with Crippen LogP contribution in [0.2, 0.25) is 0 Å². The molecule has 0 amide bonds. The largest absolute Gasteiger partial charge is 0.289 e. The van der Waals surface area contributed by atoms with Crippen molar-refractivity contribution in [3.63, 3.8) is 0 Å². The van der Waals surface area contributed by atoms with Crippen LogP contribution in [0.25, 0.3) is 6.08 Å². The highest BCUT2D eigenvalue weighted by molar-refractivity contribution is 7.87. The molecule has 158 valence electrons. The molecule has 0 aliphatic heterocycles. The van der Waals surface area contributed by atoms with Crippen LogP contribution >= 0.6 is 7.05 Å². The van der Waals surface area contributed by atoms with Gasteiger partial charge in [-0.05, 0) is 12.0 Å². The summed E-state index contributed by atoms with van der Waals surface area (Å²) in [5.74, 6) is 0. The van der Waals surface area contributed by atoms with Crippen molar-refractivity contribution < 1.29 is 0 Å². The Morgan fingerprint density at radius 1 is 0.531 bits per heavy atom. The Morgan fingerprint density at radius 2 is 0.969 bits per heavy atom. The summed E-state index contributed by atoms with van der Waals surface area (Å²) in [7, 11) is -2.08. The van der Waals surface area contributed by atoms with E-state index in [-0.39, 0.29) is 0 Å². The van der Waals surface area contributed by atoms with Gasteiger partial charge in [0.05, 0.1) is 7.05 Å². The molecule has 4 aromatic rings. The van der Waals surface area contributed by atoms with Crippen molar-refractivity contribution in [3.8, 4) is 0 Å². The SMILES string of the molecule is C(=C/CCN=P(c1ccccc1)(c1ccccc1)c1ccccc1)/C=C/c1ccccc1. The zero-order valence-electron chi connectivity index (χ0n) is 18.2. The van der Waals surface area contributed by atoms with Crippen LogP contribution in [-0.2, 0) is 0 Å². The lowest BCUT2D eigenvalue weighted by Crippen LogP contribution is -2.25. The van der Waals surface area contributed by atoms with E-state index in [1.165, 1.54) is 21.5 Å². The summed E-state index contributed by atoms with van der Waals surface area (Å²) in [4.78, 5) is 0. The highest BCUT2D eigenvalue weighted by Gasteiger charge is 2.26. The third kappa shape index (κ3) is 5.25. The zero-order valence-corrected chi connectivity index (χ0v) is 19.1. The molecule has 0 aliphatic carbocycles. The lowest BCUT2D eigenvalue weighted by atomic mass is 10.2. The number of hydrogen-bond donors (Lipinski definition) is 0. The molecule has 0 bridgehead atoms. The van der Waals surface area contributed by atoms with E-state index in [4.69, 9.17) is 4.74 Å². The molecule has 0 fully saturated rings. The van der Waals surface area contributed by atoms with Crippen LogP contribution in [0, 0.1) is 0 Å². The molecule has 0 spiro atoms. The first-order chi connectivity index (χ1) is 15.9. The van der Waals surface area contributed by atoms with Gasteiger partial charge in [0.2, 0.25) is 0 Å². The highest BCUT2D eigenvalue weighted by atomic mass is 31.2. The maximum absolute atomic E-state index is 5.46. The van der Waals surface area contributed by atoms with Crippen LogP contribution in [0.5, 0.6) is 0 Å². The molecule has 0 heterocycles. The third-order valence-electron chi connectivity index (χ3n) is 5.33. The molecule has 0 atom stereocenters. The lowest BCUT2D eigenvalue weighted by molar-refractivity contribution is 1.02. The van der Waals surface area contributed by atoms with E-state index in [9.17, 15) is 0 Å². The van der Waals surface area contributed by atoms with Gasteiger partial charge >= 0.3 is 0 Å². The molecular weight excluding hydrogens is 405 g/mol. The van der Waals surface area contributed by atoms with Crippen LogP contribution < -0.4 is 15.9 Å². The van der Waals surface area contributed by atoms with E-state index in [0.717, 1.165) is 13.0 Å². The summed E-state index contributed by atoms with van der Waals surface area (Å²) < 4.78 is 5.46. The van der Waals surface area contributed by atoms with E-state index in [1.807, 2.05) is 6.07 Å². The Hall–Kier alpha value is -3.41. The molecule has 2 heteroatoms. The van der Waals surface area contributed by atoms with Crippen LogP contribution in [-0.4, -0.2) is 6.54 Å². The molecular formula is C30H28NP. The topological polar surface area (TPSA) is 12.4 Å². The van der Waals surface area contributed by atoms with Gasteiger partial charge in [-0.1, -0.05) is 146 Å². The van der Waals surface area contributed by atoms with Gasteiger partial charge in [-0.25, -0.2) is 0 Å². The molecule has 4 aromatic carbocycles. The Balaban J connectivity index is 1.66. The molecule has 0 N–H and O–H groups in total. The second kappa shape index (κ2) is 11.3. The van der Waals surface area contributed by atoms with Crippen LogP contribution in [0.3, 0.4) is 0 Å². The molecule has 0 saturated heterocycles. The van der Waals surface area contributed by atoms with Crippen molar-refractivity contribution in [3.05, 3.63) is 145 Å². The van der Waals surface area contributed by atoms with Crippen molar-refractivity contribution in [1.82, 2.24) is 0 Å². The minimum atomic E-state index is -2.08. The molecule has 1 nitrogen and oxygen atoms in total. The van der Waals surface area contributed by atoms with Gasteiger partial charge in [0, 0.05) is 22.5 Å². The monoisotopic (exact) mass is 433 g/mol. The van der Waals surface area contributed by atoms with Gasteiger partial charge < -0.3 is 0 Å². The van der Waals surface area contributed by atoms with Gasteiger partial charge in [0.15, 0.2) is 0 Å². The first kappa shape index (κ1) is 21.8. The van der Waals surface area contributed by atoms with E-state index in [1.54, 1.807) is 0 Å².